The molecule has 0 atom stereocenters. The third-order valence-corrected chi connectivity index (χ3v) is 4.92. The average molecular weight is 405 g/mol. The maximum atomic E-state index is 12.1. The van der Waals surface area contributed by atoms with E-state index in [-0.39, 0.29) is 12.5 Å². The minimum absolute atomic E-state index is 0.0930. The number of thiazole rings is 1. The van der Waals surface area contributed by atoms with E-state index in [0.29, 0.717) is 28.4 Å². The summed E-state index contributed by atoms with van der Waals surface area (Å²) in [5.41, 5.74) is 0.800. The number of amides is 1. The van der Waals surface area contributed by atoms with Gasteiger partial charge >= 0.3 is 0 Å². The van der Waals surface area contributed by atoms with Gasteiger partial charge in [-0.05, 0) is 54.8 Å². The summed E-state index contributed by atoms with van der Waals surface area (Å²) in [5.74, 6) is 1.74. The number of benzene rings is 2. The minimum atomic E-state index is -0.266. The van der Waals surface area contributed by atoms with Gasteiger partial charge in [-0.1, -0.05) is 36.8 Å². The van der Waals surface area contributed by atoms with Gasteiger partial charge in [-0.25, -0.2) is 4.98 Å². The van der Waals surface area contributed by atoms with Crippen LogP contribution in [0.3, 0.4) is 0 Å². The molecule has 1 amide bonds. The van der Waals surface area contributed by atoms with Crippen LogP contribution in [0, 0.1) is 5.92 Å². The number of nitrogens with zero attached hydrogens (tertiary/aromatic N) is 1. The van der Waals surface area contributed by atoms with Crippen molar-refractivity contribution < 1.29 is 14.3 Å². The van der Waals surface area contributed by atoms with Gasteiger partial charge in [0.1, 0.15) is 11.5 Å². The van der Waals surface area contributed by atoms with E-state index < -0.39 is 0 Å². The van der Waals surface area contributed by atoms with Gasteiger partial charge < -0.3 is 9.47 Å². The second-order valence-electron chi connectivity index (χ2n) is 6.47. The third kappa shape index (κ3) is 5.84. The molecule has 0 saturated heterocycles. The molecule has 0 aliphatic heterocycles. The Bertz CT molecular complexity index is 909. The van der Waals surface area contributed by atoms with Crippen molar-refractivity contribution in [2.24, 2.45) is 5.92 Å². The van der Waals surface area contributed by atoms with Gasteiger partial charge in [-0.2, -0.15) is 0 Å². The van der Waals surface area contributed by atoms with E-state index in [4.69, 9.17) is 21.1 Å². The van der Waals surface area contributed by atoms with Crippen LogP contribution in [0.2, 0.25) is 5.02 Å². The Labute approximate surface area is 167 Å². The molecule has 0 aliphatic carbocycles. The Morgan fingerprint density at radius 1 is 1.15 bits per heavy atom. The molecule has 0 fully saturated rings. The first-order valence-corrected chi connectivity index (χ1v) is 9.90. The summed E-state index contributed by atoms with van der Waals surface area (Å²) < 4.78 is 12.1. The molecule has 0 aliphatic rings. The van der Waals surface area contributed by atoms with E-state index in [1.807, 2.05) is 24.3 Å². The minimum Gasteiger partial charge on any atom is -0.494 e. The van der Waals surface area contributed by atoms with Crippen LogP contribution >= 0.6 is 22.9 Å². The Morgan fingerprint density at radius 2 is 1.85 bits per heavy atom. The van der Waals surface area contributed by atoms with Gasteiger partial charge in [-0.3, -0.25) is 10.1 Å². The lowest BCUT2D eigenvalue weighted by molar-refractivity contribution is -0.118. The largest absolute Gasteiger partial charge is 0.494 e. The molecule has 0 radical (unpaired) electrons. The molecule has 27 heavy (non-hydrogen) atoms. The van der Waals surface area contributed by atoms with Gasteiger partial charge in [-0.15, -0.1) is 0 Å². The average Bonchev–Trinajstić information content (AvgIpc) is 3.02. The fourth-order valence-electron chi connectivity index (χ4n) is 2.30. The number of nitrogens with one attached hydrogen (secondary N) is 1. The van der Waals surface area contributed by atoms with Crippen molar-refractivity contribution in [3.8, 4) is 11.5 Å². The zero-order chi connectivity index (χ0) is 19.2. The number of aromatic nitrogens is 1. The number of carbonyl (C=O) groups excluding carboxylic acids is 1. The van der Waals surface area contributed by atoms with Crippen molar-refractivity contribution in [1.29, 1.82) is 0 Å². The molecule has 1 N–H and O–H groups in total. The van der Waals surface area contributed by atoms with Gasteiger partial charge in [0.25, 0.3) is 5.91 Å². The predicted octanol–water partition coefficient (Wildman–Crippen LogP) is 5.39. The van der Waals surface area contributed by atoms with Crippen molar-refractivity contribution in [2.75, 3.05) is 18.5 Å². The van der Waals surface area contributed by atoms with E-state index in [9.17, 15) is 4.79 Å². The number of anilines is 1. The fourth-order valence-corrected chi connectivity index (χ4v) is 3.46. The number of hydrogen-bond donors (Lipinski definition) is 1. The van der Waals surface area contributed by atoms with Crippen LogP contribution < -0.4 is 14.8 Å². The normalized spacial score (nSPS) is 11.0. The Kier molecular flexibility index (Phi) is 6.53. The van der Waals surface area contributed by atoms with Gasteiger partial charge in [0, 0.05) is 5.02 Å². The van der Waals surface area contributed by atoms with Crippen molar-refractivity contribution in [1.82, 2.24) is 4.98 Å². The smallest absolute Gasteiger partial charge is 0.264 e. The summed E-state index contributed by atoms with van der Waals surface area (Å²) in [7, 11) is 0. The molecule has 1 heterocycles. The van der Waals surface area contributed by atoms with Crippen LogP contribution in [0.4, 0.5) is 5.13 Å². The lowest BCUT2D eigenvalue weighted by Crippen LogP contribution is -2.19. The van der Waals surface area contributed by atoms with Crippen LogP contribution in [0.15, 0.2) is 42.5 Å². The monoisotopic (exact) mass is 404 g/mol. The van der Waals surface area contributed by atoms with E-state index in [0.717, 1.165) is 22.4 Å². The number of hydrogen-bond acceptors (Lipinski definition) is 5. The lowest BCUT2D eigenvalue weighted by Gasteiger charge is -2.09. The molecule has 1 aromatic heterocycles. The van der Waals surface area contributed by atoms with Gasteiger partial charge in [0.2, 0.25) is 0 Å². The Balaban J connectivity index is 1.48. The predicted molar refractivity (Wildman–Crippen MR) is 110 cm³/mol. The first-order chi connectivity index (χ1) is 13.0. The summed E-state index contributed by atoms with van der Waals surface area (Å²) in [4.78, 5) is 16.4. The summed E-state index contributed by atoms with van der Waals surface area (Å²) in [5, 5.41) is 3.91. The van der Waals surface area contributed by atoms with E-state index in [2.05, 4.69) is 24.1 Å². The standard InChI is InChI=1S/C20H21ClN2O3S/c1-13(2)9-10-25-15-4-6-16(7-5-15)26-12-19(24)23-20-22-17-8-3-14(21)11-18(17)27-20/h3-8,11,13H,9-10,12H2,1-2H3,(H,22,23,24). The first kappa shape index (κ1) is 19.5. The quantitative estimate of drug-likeness (QED) is 0.546. The number of fused-ring (bicyclic) bond motifs is 1. The van der Waals surface area contributed by atoms with Crippen molar-refractivity contribution in [3.05, 3.63) is 47.5 Å². The highest BCUT2D eigenvalue weighted by atomic mass is 35.5. The molecule has 3 rings (SSSR count). The zero-order valence-electron chi connectivity index (χ0n) is 15.2. The van der Waals surface area contributed by atoms with Crippen molar-refractivity contribution in [2.45, 2.75) is 20.3 Å². The summed E-state index contributed by atoms with van der Waals surface area (Å²) in [6.07, 6.45) is 1.01. The second kappa shape index (κ2) is 9.06. The fraction of sp³-hybridized carbons (Fsp3) is 0.300. The number of ether oxygens (including phenoxy) is 2. The Morgan fingerprint density at radius 3 is 2.56 bits per heavy atom. The second-order valence-corrected chi connectivity index (χ2v) is 7.94. The highest BCUT2D eigenvalue weighted by Crippen LogP contribution is 2.28. The van der Waals surface area contributed by atoms with Crippen LogP contribution in [-0.2, 0) is 4.79 Å². The molecule has 7 heteroatoms. The number of halogens is 1. The summed E-state index contributed by atoms with van der Waals surface area (Å²) >= 11 is 7.34. The van der Waals surface area contributed by atoms with Crippen LogP contribution in [0.5, 0.6) is 11.5 Å². The lowest BCUT2D eigenvalue weighted by atomic mass is 10.1. The molecule has 0 spiro atoms. The van der Waals surface area contributed by atoms with Gasteiger partial charge in [0.15, 0.2) is 11.7 Å². The molecule has 0 saturated carbocycles. The number of rotatable bonds is 8. The van der Waals surface area contributed by atoms with Crippen molar-refractivity contribution >= 4 is 44.2 Å². The maximum absolute atomic E-state index is 12.1. The SMILES string of the molecule is CC(C)CCOc1ccc(OCC(=O)Nc2nc3ccc(Cl)cc3s2)cc1. The summed E-state index contributed by atoms with van der Waals surface area (Å²) in [6, 6.07) is 12.7. The molecular weight excluding hydrogens is 384 g/mol. The van der Waals surface area contributed by atoms with Gasteiger partial charge in [0.05, 0.1) is 16.8 Å². The molecule has 2 aromatic carbocycles. The molecule has 3 aromatic rings. The Hall–Kier alpha value is -2.31. The van der Waals surface area contributed by atoms with Crippen LogP contribution in [-0.4, -0.2) is 24.1 Å². The van der Waals surface area contributed by atoms with E-state index in [1.165, 1.54) is 11.3 Å². The summed E-state index contributed by atoms with van der Waals surface area (Å²) in [6.45, 7) is 4.92. The maximum Gasteiger partial charge on any atom is 0.264 e. The van der Waals surface area contributed by atoms with Crippen molar-refractivity contribution in [3.63, 3.8) is 0 Å². The molecule has 5 nitrogen and oxygen atoms in total. The molecule has 142 valence electrons. The zero-order valence-corrected chi connectivity index (χ0v) is 16.8. The molecular formula is C20H21ClN2O3S. The number of carbonyl (C=O) groups is 1. The molecule has 0 unspecified atom stereocenters. The van der Waals surface area contributed by atoms with E-state index >= 15 is 0 Å². The van der Waals surface area contributed by atoms with Crippen LogP contribution in [0.1, 0.15) is 20.3 Å². The van der Waals surface area contributed by atoms with Crippen LogP contribution in [0.25, 0.3) is 10.2 Å². The first-order valence-electron chi connectivity index (χ1n) is 8.71. The topological polar surface area (TPSA) is 60.5 Å². The van der Waals surface area contributed by atoms with E-state index in [1.54, 1.807) is 18.2 Å². The highest BCUT2D eigenvalue weighted by Gasteiger charge is 2.09. The molecule has 0 bridgehead atoms. The highest BCUT2D eigenvalue weighted by molar-refractivity contribution is 7.22. The third-order valence-electron chi connectivity index (χ3n) is 3.75.